The molecule has 0 aromatic carbocycles. The van der Waals surface area contributed by atoms with Crippen LogP contribution >= 0.6 is 0 Å². The lowest BCUT2D eigenvalue weighted by Crippen LogP contribution is -2.41. The third-order valence-electron chi connectivity index (χ3n) is 6.64. The zero-order valence-electron chi connectivity index (χ0n) is 26.4. The van der Waals surface area contributed by atoms with Crippen molar-refractivity contribution in [1.29, 1.82) is 0 Å². The van der Waals surface area contributed by atoms with Gasteiger partial charge in [0.25, 0.3) is 0 Å². The molecule has 0 aliphatic heterocycles. The van der Waals surface area contributed by atoms with Gasteiger partial charge in [-0.3, -0.25) is 14.4 Å². The highest BCUT2D eigenvalue weighted by molar-refractivity contribution is 5.84. The first kappa shape index (κ1) is 39.8. The van der Waals surface area contributed by atoms with E-state index in [9.17, 15) is 24.3 Å². The summed E-state index contributed by atoms with van der Waals surface area (Å²) in [5.41, 5.74) is 0. The van der Waals surface area contributed by atoms with Gasteiger partial charge in [0, 0.05) is 32.5 Å². The molecular weight excluding hydrogens is 542 g/mol. The molecule has 0 aliphatic carbocycles. The van der Waals surface area contributed by atoms with Crippen LogP contribution in [0.4, 0.5) is 0 Å². The van der Waals surface area contributed by atoms with Gasteiger partial charge in [0.1, 0.15) is 12.6 Å². The molecule has 0 saturated carbocycles. The van der Waals surface area contributed by atoms with Gasteiger partial charge in [-0.2, -0.15) is 0 Å². The van der Waals surface area contributed by atoms with Crippen LogP contribution in [0.5, 0.6) is 0 Å². The molecule has 0 unspecified atom stereocenters. The highest BCUT2D eigenvalue weighted by Gasteiger charge is 2.20. The summed E-state index contributed by atoms with van der Waals surface area (Å²) in [7, 11) is 0. The molecule has 1 atom stereocenters. The Morgan fingerprint density at radius 3 is 1.67 bits per heavy atom. The van der Waals surface area contributed by atoms with Gasteiger partial charge in [-0.1, -0.05) is 84.5 Å². The van der Waals surface area contributed by atoms with E-state index in [2.05, 4.69) is 22.9 Å². The molecule has 0 fully saturated rings. The van der Waals surface area contributed by atoms with Crippen molar-refractivity contribution < 1.29 is 38.5 Å². The van der Waals surface area contributed by atoms with Gasteiger partial charge in [0.05, 0.1) is 26.4 Å². The second kappa shape index (κ2) is 30.2. The zero-order chi connectivity index (χ0) is 31.1. The van der Waals surface area contributed by atoms with E-state index < -0.39 is 12.0 Å². The van der Waals surface area contributed by atoms with Gasteiger partial charge >= 0.3 is 5.97 Å². The summed E-state index contributed by atoms with van der Waals surface area (Å²) in [6.07, 6.45) is 15.7. The van der Waals surface area contributed by atoms with Gasteiger partial charge in [-0.15, -0.1) is 0 Å². The van der Waals surface area contributed by atoms with Crippen LogP contribution in [0, 0.1) is 0 Å². The third kappa shape index (κ3) is 27.9. The Kier molecular flexibility index (Phi) is 28.6. The van der Waals surface area contributed by atoms with Crippen molar-refractivity contribution in [1.82, 2.24) is 16.0 Å². The predicted molar refractivity (Wildman–Crippen MR) is 163 cm³/mol. The quantitative estimate of drug-likeness (QED) is 0.0866. The van der Waals surface area contributed by atoms with Gasteiger partial charge in [-0.25, -0.2) is 4.79 Å². The minimum atomic E-state index is -1.15. The summed E-state index contributed by atoms with van der Waals surface area (Å²) >= 11 is 0. The fourth-order valence-corrected chi connectivity index (χ4v) is 4.22. The number of carboxylic acid groups (broad SMARTS) is 1. The smallest absolute Gasteiger partial charge is 0.326 e. The standard InChI is InChI=1S/C31H59N3O8/c1-3-5-6-7-8-9-10-11-12-13-14-15-16-29(36)34-27(31(38)39)17-18-28(35)32-19-23-41-24-25-42-26-30(37)33-20-22-40-21-4-2/h27H,3-26H2,1-2H3,(H,32,35)(H,33,37)(H,34,36)(H,38,39)/t27-/m0/s1. The molecule has 0 aromatic heterocycles. The molecule has 0 aromatic rings. The fraction of sp³-hybridized carbons (Fsp3) is 0.871. The van der Waals surface area contributed by atoms with Crippen molar-refractivity contribution in [3.05, 3.63) is 0 Å². The second-order valence-corrected chi connectivity index (χ2v) is 10.6. The zero-order valence-corrected chi connectivity index (χ0v) is 26.4. The minimum absolute atomic E-state index is 0.0163. The number of unbranched alkanes of at least 4 members (excludes halogenated alkanes) is 11. The molecule has 246 valence electrons. The first-order chi connectivity index (χ1) is 20.4. The summed E-state index contributed by atoms with van der Waals surface area (Å²) in [6, 6.07) is -1.09. The van der Waals surface area contributed by atoms with E-state index in [0.717, 1.165) is 25.7 Å². The summed E-state index contributed by atoms with van der Waals surface area (Å²) in [6.45, 7) is 6.81. The molecule has 4 N–H and O–H groups in total. The van der Waals surface area contributed by atoms with Crippen molar-refractivity contribution in [3.8, 4) is 0 Å². The Balaban J connectivity index is 3.72. The Morgan fingerprint density at radius 1 is 0.571 bits per heavy atom. The Morgan fingerprint density at radius 2 is 1.10 bits per heavy atom. The van der Waals surface area contributed by atoms with Crippen LogP contribution in [-0.4, -0.2) is 87.6 Å². The number of rotatable bonds is 31. The number of carbonyl (C=O) groups excluding carboxylic acids is 3. The lowest BCUT2D eigenvalue weighted by atomic mass is 10.0. The van der Waals surface area contributed by atoms with Crippen LogP contribution in [0.3, 0.4) is 0 Å². The van der Waals surface area contributed by atoms with E-state index in [4.69, 9.17) is 14.2 Å². The van der Waals surface area contributed by atoms with Gasteiger partial charge in [-0.05, 0) is 19.3 Å². The van der Waals surface area contributed by atoms with E-state index in [1.54, 1.807) is 0 Å². The van der Waals surface area contributed by atoms with Gasteiger partial charge in [0.15, 0.2) is 0 Å². The summed E-state index contributed by atoms with van der Waals surface area (Å²) in [4.78, 5) is 47.4. The summed E-state index contributed by atoms with van der Waals surface area (Å²) in [5.74, 6) is -1.96. The molecule has 3 amide bonds. The predicted octanol–water partition coefficient (Wildman–Crippen LogP) is 4.12. The highest BCUT2D eigenvalue weighted by Crippen LogP contribution is 2.12. The fourth-order valence-electron chi connectivity index (χ4n) is 4.22. The summed E-state index contributed by atoms with van der Waals surface area (Å²) < 4.78 is 15.9. The van der Waals surface area contributed by atoms with Crippen molar-refractivity contribution in [2.75, 3.05) is 52.7 Å². The number of carbonyl (C=O) groups is 4. The second-order valence-electron chi connectivity index (χ2n) is 10.6. The average Bonchev–Trinajstić information content (AvgIpc) is 2.96. The maximum absolute atomic E-state index is 12.2. The first-order valence-electron chi connectivity index (χ1n) is 16.2. The van der Waals surface area contributed by atoms with Crippen molar-refractivity contribution in [2.45, 2.75) is 123 Å². The molecule has 11 heteroatoms. The van der Waals surface area contributed by atoms with E-state index >= 15 is 0 Å². The van der Waals surface area contributed by atoms with Crippen LogP contribution in [-0.2, 0) is 33.4 Å². The van der Waals surface area contributed by atoms with Crippen molar-refractivity contribution in [2.24, 2.45) is 0 Å². The maximum Gasteiger partial charge on any atom is 0.326 e. The molecule has 0 saturated heterocycles. The van der Waals surface area contributed by atoms with E-state index in [1.165, 1.54) is 57.8 Å². The normalized spacial score (nSPS) is 11.7. The third-order valence-corrected chi connectivity index (χ3v) is 6.64. The molecule has 0 heterocycles. The van der Waals surface area contributed by atoms with Crippen LogP contribution in [0.2, 0.25) is 0 Å². The number of nitrogens with one attached hydrogen (secondary N) is 3. The Bertz CT molecular complexity index is 693. The Labute approximate surface area is 253 Å². The number of hydrogen-bond acceptors (Lipinski definition) is 7. The Hall–Kier alpha value is -2.24. The topological polar surface area (TPSA) is 152 Å². The largest absolute Gasteiger partial charge is 0.480 e. The average molecular weight is 602 g/mol. The number of aliphatic carboxylic acids is 1. The summed E-state index contributed by atoms with van der Waals surface area (Å²) in [5, 5.41) is 17.3. The van der Waals surface area contributed by atoms with Crippen LogP contribution in [0.15, 0.2) is 0 Å². The molecule has 11 nitrogen and oxygen atoms in total. The van der Waals surface area contributed by atoms with Gasteiger partial charge in [0.2, 0.25) is 17.7 Å². The SMILES string of the molecule is CCCCCCCCCCCCCCC(=O)N[C@@H](CCC(=O)NCCOCCOCC(=O)NCCOCCC)C(=O)O. The first-order valence-corrected chi connectivity index (χ1v) is 16.2. The number of amides is 3. The maximum atomic E-state index is 12.2. The van der Waals surface area contributed by atoms with Gasteiger partial charge < -0.3 is 35.3 Å². The van der Waals surface area contributed by atoms with Crippen LogP contribution < -0.4 is 16.0 Å². The van der Waals surface area contributed by atoms with Crippen molar-refractivity contribution >= 4 is 23.7 Å². The van der Waals surface area contributed by atoms with Crippen LogP contribution in [0.1, 0.15) is 117 Å². The van der Waals surface area contributed by atoms with E-state index in [0.29, 0.717) is 26.2 Å². The van der Waals surface area contributed by atoms with Crippen LogP contribution in [0.25, 0.3) is 0 Å². The molecule has 0 radical (unpaired) electrons. The molecule has 42 heavy (non-hydrogen) atoms. The lowest BCUT2D eigenvalue weighted by molar-refractivity contribution is -0.142. The molecule has 0 spiro atoms. The minimum Gasteiger partial charge on any atom is -0.480 e. The number of hydrogen-bond donors (Lipinski definition) is 4. The molecule has 0 rings (SSSR count). The molecule has 0 bridgehead atoms. The molecular formula is C31H59N3O8. The number of carboxylic acids is 1. The lowest BCUT2D eigenvalue weighted by Gasteiger charge is -2.14. The highest BCUT2D eigenvalue weighted by atomic mass is 16.5. The molecule has 0 aliphatic rings. The monoisotopic (exact) mass is 601 g/mol. The van der Waals surface area contributed by atoms with E-state index in [-0.39, 0.29) is 63.5 Å². The number of ether oxygens (including phenoxy) is 3. The van der Waals surface area contributed by atoms with E-state index in [1.807, 2.05) is 6.92 Å². The van der Waals surface area contributed by atoms with Crippen molar-refractivity contribution in [3.63, 3.8) is 0 Å².